The van der Waals surface area contributed by atoms with Crippen LogP contribution in [0.3, 0.4) is 0 Å². The molecule has 2 atom stereocenters. The number of allylic oxidation sites excluding steroid dienone is 1. The Morgan fingerprint density at radius 1 is 1.74 bits per heavy atom. The second kappa shape index (κ2) is 6.34. The lowest BCUT2D eigenvalue weighted by atomic mass is 10.0. The number of hydrogen-bond donors (Lipinski definition) is 1. The average molecular weight is 328 g/mol. The van der Waals surface area contributed by atoms with E-state index < -0.39 is 0 Å². The average Bonchev–Trinajstić information content (AvgIpc) is 2.80. The zero-order valence-electron chi connectivity index (χ0n) is 10.9. The van der Waals surface area contributed by atoms with Gasteiger partial charge in [-0.15, -0.1) is 6.58 Å². The van der Waals surface area contributed by atoms with Crippen LogP contribution < -0.4 is 10.9 Å². The van der Waals surface area contributed by atoms with E-state index in [1.165, 1.54) is 4.68 Å². The highest BCUT2D eigenvalue weighted by molar-refractivity contribution is 9.10. The van der Waals surface area contributed by atoms with Gasteiger partial charge in [0.05, 0.1) is 24.5 Å². The molecule has 6 heteroatoms. The topological polar surface area (TPSA) is 56.1 Å². The van der Waals surface area contributed by atoms with Crippen molar-refractivity contribution in [2.45, 2.75) is 26.0 Å². The van der Waals surface area contributed by atoms with E-state index in [1.807, 2.05) is 0 Å². The van der Waals surface area contributed by atoms with Gasteiger partial charge >= 0.3 is 0 Å². The second-order valence-electron chi connectivity index (χ2n) is 4.65. The summed E-state index contributed by atoms with van der Waals surface area (Å²) in [5, 5.41) is 7.37. The highest BCUT2D eigenvalue weighted by Crippen LogP contribution is 2.22. The third-order valence-corrected chi connectivity index (χ3v) is 4.14. The first kappa shape index (κ1) is 14.3. The summed E-state index contributed by atoms with van der Waals surface area (Å²) >= 11 is 3.32. The van der Waals surface area contributed by atoms with Crippen molar-refractivity contribution in [3.63, 3.8) is 0 Å². The standard InChI is InChI=1S/C13H18BrN3O2/c1-3-5-17-13(18)12(14)11(8-16-17)15-7-10-4-6-19-9(10)2/h3,8-10,15H,1,4-7H2,2H3. The van der Waals surface area contributed by atoms with E-state index >= 15 is 0 Å². The molecule has 1 fully saturated rings. The fourth-order valence-electron chi connectivity index (χ4n) is 2.13. The van der Waals surface area contributed by atoms with E-state index in [9.17, 15) is 4.79 Å². The molecule has 1 aliphatic heterocycles. The fraction of sp³-hybridized carbons (Fsp3) is 0.538. The lowest BCUT2D eigenvalue weighted by molar-refractivity contribution is 0.108. The Morgan fingerprint density at radius 2 is 2.53 bits per heavy atom. The molecule has 1 N–H and O–H groups in total. The zero-order chi connectivity index (χ0) is 13.8. The van der Waals surface area contributed by atoms with Gasteiger partial charge in [-0.25, -0.2) is 4.68 Å². The predicted molar refractivity (Wildman–Crippen MR) is 78.4 cm³/mol. The Hall–Kier alpha value is -1.14. The first-order valence-corrected chi connectivity index (χ1v) is 7.14. The van der Waals surface area contributed by atoms with Gasteiger partial charge in [0.15, 0.2) is 0 Å². The molecule has 1 aromatic rings. The minimum absolute atomic E-state index is 0.152. The van der Waals surface area contributed by atoms with Crippen molar-refractivity contribution in [2.24, 2.45) is 5.92 Å². The number of aromatic nitrogens is 2. The number of nitrogens with one attached hydrogen (secondary N) is 1. The molecule has 0 aromatic carbocycles. The van der Waals surface area contributed by atoms with Crippen molar-refractivity contribution in [2.75, 3.05) is 18.5 Å². The van der Waals surface area contributed by atoms with Crippen LogP contribution in [0.25, 0.3) is 0 Å². The Morgan fingerprint density at radius 3 is 3.16 bits per heavy atom. The van der Waals surface area contributed by atoms with Crippen LogP contribution >= 0.6 is 15.9 Å². The van der Waals surface area contributed by atoms with Crippen molar-refractivity contribution >= 4 is 21.6 Å². The summed E-state index contributed by atoms with van der Waals surface area (Å²) in [6.45, 7) is 7.69. The van der Waals surface area contributed by atoms with Crippen LogP contribution in [0, 0.1) is 5.92 Å². The number of hydrogen-bond acceptors (Lipinski definition) is 4. The molecule has 0 amide bonds. The molecule has 0 aliphatic carbocycles. The lowest BCUT2D eigenvalue weighted by Crippen LogP contribution is -2.26. The minimum atomic E-state index is -0.152. The van der Waals surface area contributed by atoms with Crippen molar-refractivity contribution in [1.29, 1.82) is 0 Å². The normalized spacial score (nSPS) is 22.4. The molecule has 104 valence electrons. The molecule has 2 heterocycles. The van der Waals surface area contributed by atoms with Gasteiger partial charge in [0.25, 0.3) is 5.56 Å². The molecule has 19 heavy (non-hydrogen) atoms. The van der Waals surface area contributed by atoms with Gasteiger partial charge in [-0.3, -0.25) is 4.79 Å². The maximum Gasteiger partial charge on any atom is 0.283 e. The Labute approximate surface area is 120 Å². The predicted octanol–water partition coefficient (Wildman–Crippen LogP) is 2.03. The molecule has 0 bridgehead atoms. The molecule has 1 aromatic heterocycles. The molecular formula is C13H18BrN3O2. The quantitative estimate of drug-likeness (QED) is 0.841. The molecule has 0 saturated carbocycles. The van der Waals surface area contributed by atoms with Crippen molar-refractivity contribution in [3.8, 4) is 0 Å². The molecular weight excluding hydrogens is 310 g/mol. The van der Waals surface area contributed by atoms with Gasteiger partial charge in [-0.1, -0.05) is 6.08 Å². The molecule has 5 nitrogen and oxygen atoms in total. The van der Waals surface area contributed by atoms with Crippen molar-refractivity contribution < 1.29 is 4.74 Å². The van der Waals surface area contributed by atoms with Crippen LogP contribution in [-0.2, 0) is 11.3 Å². The fourth-order valence-corrected chi connectivity index (χ4v) is 2.57. The molecule has 0 radical (unpaired) electrons. The Balaban J connectivity index is 2.06. The van der Waals surface area contributed by atoms with E-state index in [4.69, 9.17) is 4.74 Å². The lowest BCUT2D eigenvalue weighted by Gasteiger charge is -2.16. The Bertz CT molecular complexity index is 515. The zero-order valence-corrected chi connectivity index (χ0v) is 12.5. The van der Waals surface area contributed by atoms with Gasteiger partial charge < -0.3 is 10.1 Å². The number of rotatable bonds is 5. The van der Waals surface area contributed by atoms with Gasteiger partial charge in [0, 0.05) is 19.1 Å². The van der Waals surface area contributed by atoms with E-state index in [0.717, 1.165) is 25.3 Å². The second-order valence-corrected chi connectivity index (χ2v) is 5.45. The summed E-state index contributed by atoms with van der Waals surface area (Å²) in [4.78, 5) is 12.0. The smallest absolute Gasteiger partial charge is 0.283 e. The highest BCUT2D eigenvalue weighted by atomic mass is 79.9. The summed E-state index contributed by atoms with van der Waals surface area (Å²) in [7, 11) is 0. The van der Waals surface area contributed by atoms with E-state index in [1.54, 1.807) is 12.3 Å². The van der Waals surface area contributed by atoms with Crippen LogP contribution in [0.15, 0.2) is 28.1 Å². The summed E-state index contributed by atoms with van der Waals surface area (Å²) < 4.78 is 7.39. The third-order valence-electron chi connectivity index (χ3n) is 3.37. The number of halogens is 1. The van der Waals surface area contributed by atoms with Gasteiger partial charge in [0.2, 0.25) is 0 Å². The maximum absolute atomic E-state index is 12.0. The first-order valence-electron chi connectivity index (χ1n) is 6.35. The molecule has 0 spiro atoms. The highest BCUT2D eigenvalue weighted by Gasteiger charge is 2.24. The minimum Gasteiger partial charge on any atom is -0.382 e. The van der Waals surface area contributed by atoms with Gasteiger partial charge in [-0.05, 0) is 29.3 Å². The van der Waals surface area contributed by atoms with Crippen molar-refractivity contribution in [3.05, 3.63) is 33.7 Å². The summed E-state index contributed by atoms with van der Waals surface area (Å²) in [6, 6.07) is 0. The van der Waals surface area contributed by atoms with E-state index in [0.29, 0.717) is 16.9 Å². The van der Waals surface area contributed by atoms with Crippen molar-refractivity contribution in [1.82, 2.24) is 9.78 Å². The molecule has 2 unspecified atom stereocenters. The van der Waals surface area contributed by atoms with Crippen LogP contribution in [0.5, 0.6) is 0 Å². The maximum atomic E-state index is 12.0. The number of nitrogens with zero attached hydrogens (tertiary/aromatic N) is 2. The Kier molecular flexibility index (Phi) is 4.76. The monoisotopic (exact) mass is 327 g/mol. The van der Waals surface area contributed by atoms with E-state index in [-0.39, 0.29) is 11.7 Å². The number of anilines is 1. The van der Waals surface area contributed by atoms with E-state index in [2.05, 4.69) is 39.8 Å². The summed E-state index contributed by atoms with van der Waals surface area (Å²) in [5.74, 6) is 0.475. The van der Waals surface area contributed by atoms with Gasteiger partial charge in [-0.2, -0.15) is 5.10 Å². The number of ether oxygens (including phenoxy) is 1. The van der Waals surface area contributed by atoms with Crippen LogP contribution in [0.2, 0.25) is 0 Å². The van der Waals surface area contributed by atoms with Crippen LogP contribution in [0.4, 0.5) is 5.69 Å². The van der Waals surface area contributed by atoms with Gasteiger partial charge in [0.1, 0.15) is 4.47 Å². The third kappa shape index (κ3) is 3.25. The summed E-state index contributed by atoms with van der Waals surface area (Å²) in [5.41, 5.74) is 0.574. The molecule has 2 rings (SSSR count). The van der Waals surface area contributed by atoms with Crippen LogP contribution in [-0.4, -0.2) is 29.0 Å². The SMILES string of the molecule is C=CCn1ncc(NCC2CCOC2C)c(Br)c1=O. The first-order chi connectivity index (χ1) is 9.13. The van der Waals surface area contributed by atoms with Crippen LogP contribution in [0.1, 0.15) is 13.3 Å². The summed E-state index contributed by atoms with van der Waals surface area (Å²) in [6.07, 6.45) is 4.62. The molecule has 1 aliphatic rings. The molecule has 1 saturated heterocycles. The largest absolute Gasteiger partial charge is 0.382 e.